The van der Waals surface area contributed by atoms with E-state index < -0.39 is 0 Å². The van der Waals surface area contributed by atoms with Gasteiger partial charge >= 0.3 is 0 Å². The number of rotatable bonds is 4. The zero-order valence-electron chi connectivity index (χ0n) is 11.8. The van der Waals surface area contributed by atoms with E-state index in [0.717, 1.165) is 43.9 Å². The minimum atomic E-state index is -0.271. The van der Waals surface area contributed by atoms with E-state index in [1.807, 2.05) is 12.1 Å². The largest absolute Gasteiger partial charge is 0.357 e. The number of pyridine rings is 1. The van der Waals surface area contributed by atoms with Crippen molar-refractivity contribution in [1.82, 2.24) is 4.98 Å². The Morgan fingerprint density at radius 2 is 2.05 bits per heavy atom. The first-order valence-electron chi connectivity index (χ1n) is 7.44. The van der Waals surface area contributed by atoms with Crippen molar-refractivity contribution in [2.75, 3.05) is 23.3 Å². The lowest BCUT2D eigenvalue weighted by molar-refractivity contribution is -0.118. The van der Waals surface area contributed by atoms with Crippen LogP contribution in [-0.2, 0) is 4.79 Å². The Balaban J connectivity index is 1.56. The van der Waals surface area contributed by atoms with Crippen molar-refractivity contribution >= 4 is 17.4 Å². The van der Waals surface area contributed by atoms with Crippen molar-refractivity contribution in [3.8, 4) is 0 Å². The number of nitrogens with one attached hydrogen (secondary N) is 1. The van der Waals surface area contributed by atoms with Crippen LogP contribution >= 0.6 is 0 Å². The third kappa shape index (κ3) is 2.93. The molecule has 0 bridgehead atoms. The van der Waals surface area contributed by atoms with E-state index >= 15 is 0 Å². The van der Waals surface area contributed by atoms with Crippen molar-refractivity contribution in [3.63, 3.8) is 0 Å². The number of carbonyl (C=O) groups excluding carboxylic acids is 1. The zero-order valence-corrected chi connectivity index (χ0v) is 11.8. The summed E-state index contributed by atoms with van der Waals surface area (Å²) in [5.74, 6) is 0.984. The van der Waals surface area contributed by atoms with Gasteiger partial charge in [-0.25, -0.2) is 4.98 Å². The predicted molar refractivity (Wildman–Crippen MR) is 79.7 cm³/mol. The number of aromatic nitrogens is 1. The highest BCUT2D eigenvalue weighted by Crippen LogP contribution is 2.32. The molecule has 5 heteroatoms. The van der Waals surface area contributed by atoms with E-state index in [0.29, 0.717) is 6.42 Å². The van der Waals surface area contributed by atoms with Crippen LogP contribution in [0.4, 0.5) is 11.5 Å². The summed E-state index contributed by atoms with van der Waals surface area (Å²) in [4.78, 5) is 18.6. The average Bonchev–Trinajstić information content (AvgIpc) is 2.91. The zero-order chi connectivity index (χ0) is 14.0. The number of nitrogens with two attached hydrogens (primary N) is 1. The van der Waals surface area contributed by atoms with Gasteiger partial charge in [-0.05, 0) is 44.2 Å². The van der Waals surface area contributed by atoms with E-state index in [9.17, 15) is 4.79 Å². The number of amides is 1. The van der Waals surface area contributed by atoms with Gasteiger partial charge in [0.2, 0.25) is 5.91 Å². The van der Waals surface area contributed by atoms with Gasteiger partial charge in [0, 0.05) is 25.0 Å². The van der Waals surface area contributed by atoms with Crippen LogP contribution in [0.1, 0.15) is 38.5 Å². The summed E-state index contributed by atoms with van der Waals surface area (Å²) < 4.78 is 0. The summed E-state index contributed by atoms with van der Waals surface area (Å²) in [6, 6.07) is 3.89. The Kier molecular flexibility index (Phi) is 3.61. The number of anilines is 2. The van der Waals surface area contributed by atoms with Crippen LogP contribution in [0.3, 0.4) is 0 Å². The monoisotopic (exact) mass is 274 g/mol. The molecule has 2 aliphatic rings. The maximum absolute atomic E-state index is 11.9. The van der Waals surface area contributed by atoms with Gasteiger partial charge in [-0.3, -0.25) is 4.79 Å². The van der Waals surface area contributed by atoms with Gasteiger partial charge in [-0.2, -0.15) is 0 Å². The SMILES string of the molecule is NC1(CC(=O)Nc2ccc(N3CCCC3)nc2)CCC1. The highest BCUT2D eigenvalue weighted by molar-refractivity contribution is 5.91. The Morgan fingerprint density at radius 3 is 2.60 bits per heavy atom. The predicted octanol–water partition coefficient (Wildman–Crippen LogP) is 1.89. The molecular formula is C15H22N4O. The van der Waals surface area contributed by atoms with Gasteiger partial charge < -0.3 is 16.0 Å². The number of nitrogens with zero attached hydrogens (tertiary/aromatic N) is 2. The Bertz CT molecular complexity index is 475. The van der Waals surface area contributed by atoms with Crippen molar-refractivity contribution in [1.29, 1.82) is 0 Å². The normalized spacial score (nSPS) is 20.6. The van der Waals surface area contributed by atoms with Gasteiger partial charge in [-0.1, -0.05) is 0 Å². The molecule has 0 unspecified atom stereocenters. The van der Waals surface area contributed by atoms with Gasteiger partial charge in [0.25, 0.3) is 0 Å². The number of hydrogen-bond donors (Lipinski definition) is 2. The molecule has 1 saturated heterocycles. The molecule has 0 atom stereocenters. The lowest BCUT2D eigenvalue weighted by Gasteiger charge is -2.37. The van der Waals surface area contributed by atoms with Crippen LogP contribution in [0.2, 0.25) is 0 Å². The molecule has 0 radical (unpaired) electrons. The smallest absolute Gasteiger partial charge is 0.226 e. The van der Waals surface area contributed by atoms with E-state index in [-0.39, 0.29) is 11.4 Å². The summed E-state index contributed by atoms with van der Waals surface area (Å²) in [6.07, 6.45) is 7.64. The lowest BCUT2D eigenvalue weighted by Crippen LogP contribution is -2.48. The molecule has 3 rings (SSSR count). The number of carbonyl (C=O) groups is 1. The summed E-state index contributed by atoms with van der Waals surface area (Å²) in [5, 5.41) is 2.88. The van der Waals surface area contributed by atoms with E-state index in [1.165, 1.54) is 12.8 Å². The minimum absolute atomic E-state index is 0.0112. The highest BCUT2D eigenvalue weighted by atomic mass is 16.1. The first-order chi connectivity index (χ1) is 9.65. The molecule has 3 N–H and O–H groups in total. The Labute approximate surface area is 119 Å². The molecule has 108 valence electrons. The van der Waals surface area contributed by atoms with Crippen molar-refractivity contribution in [2.45, 2.75) is 44.1 Å². The highest BCUT2D eigenvalue weighted by Gasteiger charge is 2.34. The van der Waals surface area contributed by atoms with Gasteiger partial charge in [0.15, 0.2) is 0 Å². The summed E-state index contributed by atoms with van der Waals surface area (Å²) in [7, 11) is 0. The van der Waals surface area contributed by atoms with Crippen LogP contribution in [-0.4, -0.2) is 29.5 Å². The van der Waals surface area contributed by atoms with Crippen LogP contribution < -0.4 is 16.0 Å². The third-order valence-corrected chi connectivity index (χ3v) is 4.32. The van der Waals surface area contributed by atoms with E-state index in [4.69, 9.17) is 5.73 Å². The second-order valence-corrected chi connectivity index (χ2v) is 6.04. The fraction of sp³-hybridized carbons (Fsp3) is 0.600. The van der Waals surface area contributed by atoms with Crippen molar-refractivity contribution in [3.05, 3.63) is 18.3 Å². The molecule has 0 aromatic carbocycles. The van der Waals surface area contributed by atoms with E-state index in [1.54, 1.807) is 6.20 Å². The third-order valence-electron chi connectivity index (χ3n) is 4.32. The van der Waals surface area contributed by atoms with Crippen LogP contribution in [0.25, 0.3) is 0 Å². The quantitative estimate of drug-likeness (QED) is 0.879. The molecular weight excluding hydrogens is 252 g/mol. The fourth-order valence-corrected chi connectivity index (χ4v) is 2.93. The van der Waals surface area contributed by atoms with Crippen LogP contribution in [0.5, 0.6) is 0 Å². The molecule has 1 aliphatic heterocycles. The molecule has 1 aliphatic carbocycles. The topological polar surface area (TPSA) is 71.2 Å². The minimum Gasteiger partial charge on any atom is -0.357 e. The fourth-order valence-electron chi connectivity index (χ4n) is 2.93. The van der Waals surface area contributed by atoms with Crippen molar-refractivity contribution in [2.24, 2.45) is 5.73 Å². The van der Waals surface area contributed by atoms with Crippen molar-refractivity contribution < 1.29 is 4.79 Å². The Hall–Kier alpha value is -1.62. The first-order valence-corrected chi connectivity index (χ1v) is 7.44. The molecule has 20 heavy (non-hydrogen) atoms. The maximum atomic E-state index is 11.9. The second kappa shape index (κ2) is 5.40. The average molecular weight is 274 g/mol. The second-order valence-electron chi connectivity index (χ2n) is 6.04. The van der Waals surface area contributed by atoms with Gasteiger partial charge in [0.1, 0.15) is 5.82 Å². The number of hydrogen-bond acceptors (Lipinski definition) is 4. The molecule has 5 nitrogen and oxygen atoms in total. The molecule has 0 spiro atoms. The summed E-state index contributed by atoms with van der Waals surface area (Å²) in [5.41, 5.74) is 6.56. The molecule has 1 saturated carbocycles. The molecule has 1 aromatic rings. The molecule has 1 amide bonds. The molecule has 2 fully saturated rings. The standard InChI is InChI=1S/C15H22N4O/c16-15(6-3-7-15)10-14(20)18-12-4-5-13(17-11-12)19-8-1-2-9-19/h4-5,11H,1-3,6-10,16H2,(H,18,20). The molecule has 1 aromatic heterocycles. The van der Waals surface area contributed by atoms with Crippen LogP contribution in [0, 0.1) is 0 Å². The van der Waals surface area contributed by atoms with Gasteiger partial charge in [0.05, 0.1) is 11.9 Å². The Morgan fingerprint density at radius 1 is 1.30 bits per heavy atom. The van der Waals surface area contributed by atoms with Gasteiger partial charge in [-0.15, -0.1) is 0 Å². The first kappa shape index (κ1) is 13.4. The summed E-state index contributed by atoms with van der Waals surface area (Å²) >= 11 is 0. The van der Waals surface area contributed by atoms with E-state index in [2.05, 4.69) is 15.2 Å². The van der Waals surface area contributed by atoms with Crippen LogP contribution in [0.15, 0.2) is 18.3 Å². The molecule has 2 heterocycles. The summed E-state index contributed by atoms with van der Waals surface area (Å²) in [6.45, 7) is 2.16. The lowest BCUT2D eigenvalue weighted by atomic mass is 9.75. The maximum Gasteiger partial charge on any atom is 0.226 e.